The Kier molecular flexibility index (Phi) is 5.82. The fourth-order valence-electron chi connectivity index (χ4n) is 2.56. The number of halogens is 1. The van der Waals surface area contributed by atoms with Crippen LogP contribution in [0.4, 0.5) is 0 Å². The van der Waals surface area contributed by atoms with Gasteiger partial charge in [-0.1, -0.05) is 6.07 Å². The van der Waals surface area contributed by atoms with Crippen molar-refractivity contribution in [2.45, 2.75) is 39.3 Å². The Balaban J connectivity index is 2.56. The number of hydrogen-bond donors (Lipinski definition) is 0. The zero-order chi connectivity index (χ0) is 15.4. The van der Waals surface area contributed by atoms with Crippen molar-refractivity contribution in [3.05, 3.63) is 24.0 Å². The maximum absolute atomic E-state index is 5.95. The summed E-state index contributed by atoms with van der Waals surface area (Å²) in [5.41, 5.74) is 2.08. The van der Waals surface area contributed by atoms with Gasteiger partial charge in [0, 0.05) is 24.1 Å². The predicted molar refractivity (Wildman–Crippen MR) is 93.0 cm³/mol. The van der Waals surface area contributed by atoms with Crippen LogP contribution in [0.5, 0.6) is 5.75 Å². The molecule has 3 nitrogen and oxygen atoms in total. The molecule has 5 heteroatoms. The van der Waals surface area contributed by atoms with Crippen LogP contribution in [0.1, 0.15) is 32.6 Å². The molecule has 1 aromatic heterocycles. The third-order valence-corrected chi connectivity index (χ3v) is 4.29. The van der Waals surface area contributed by atoms with Crippen LogP contribution < -0.4 is 4.74 Å². The SMILES string of the molecule is CSCC(C)n1c(CCCl)nc2c(OC(C)C)cccc21. The standard InChI is InChI=1S/C16H23ClN2OS/c1-11(2)20-14-7-5-6-13-16(14)18-15(8-9-17)19(13)12(3)10-21-4/h5-7,11-12H,8-10H2,1-4H3. The van der Waals surface area contributed by atoms with Gasteiger partial charge in [-0.2, -0.15) is 11.8 Å². The first-order chi connectivity index (χ1) is 10.1. The number of aryl methyl sites for hydroxylation is 1. The van der Waals surface area contributed by atoms with Crippen LogP contribution in [0.25, 0.3) is 11.0 Å². The lowest BCUT2D eigenvalue weighted by Crippen LogP contribution is -2.12. The summed E-state index contributed by atoms with van der Waals surface area (Å²) >= 11 is 7.80. The third kappa shape index (κ3) is 3.67. The van der Waals surface area contributed by atoms with E-state index in [1.165, 1.54) is 0 Å². The van der Waals surface area contributed by atoms with Crippen LogP contribution in [0, 0.1) is 0 Å². The first kappa shape index (κ1) is 16.5. The lowest BCUT2D eigenvalue weighted by atomic mass is 10.2. The molecule has 2 aromatic rings. The normalized spacial score (nSPS) is 13.0. The molecule has 0 amide bonds. The number of fused-ring (bicyclic) bond motifs is 1. The van der Waals surface area contributed by atoms with Crippen molar-refractivity contribution in [2.75, 3.05) is 17.9 Å². The molecular formula is C16H23ClN2OS. The molecule has 1 heterocycles. The largest absolute Gasteiger partial charge is 0.489 e. The lowest BCUT2D eigenvalue weighted by molar-refractivity contribution is 0.245. The average Bonchev–Trinajstić information content (AvgIpc) is 2.78. The number of rotatable bonds is 7. The van der Waals surface area contributed by atoms with E-state index in [4.69, 9.17) is 21.3 Å². The molecular weight excluding hydrogens is 304 g/mol. The van der Waals surface area contributed by atoms with E-state index >= 15 is 0 Å². The van der Waals surface area contributed by atoms with Crippen LogP contribution >= 0.6 is 23.4 Å². The van der Waals surface area contributed by atoms with Crippen LogP contribution in [0.15, 0.2) is 18.2 Å². The van der Waals surface area contributed by atoms with Crippen LogP contribution in [0.3, 0.4) is 0 Å². The fraction of sp³-hybridized carbons (Fsp3) is 0.562. The average molecular weight is 327 g/mol. The van der Waals surface area contributed by atoms with Crippen molar-refractivity contribution in [3.8, 4) is 5.75 Å². The van der Waals surface area contributed by atoms with E-state index < -0.39 is 0 Å². The molecule has 21 heavy (non-hydrogen) atoms. The highest BCUT2D eigenvalue weighted by Gasteiger charge is 2.18. The van der Waals surface area contributed by atoms with Gasteiger partial charge < -0.3 is 9.30 Å². The van der Waals surface area contributed by atoms with Crippen molar-refractivity contribution in [1.82, 2.24) is 9.55 Å². The molecule has 0 fully saturated rings. The maximum Gasteiger partial charge on any atom is 0.147 e. The summed E-state index contributed by atoms with van der Waals surface area (Å²) in [4.78, 5) is 4.80. The zero-order valence-electron chi connectivity index (χ0n) is 13.1. The first-order valence-corrected chi connectivity index (χ1v) is 9.22. The Hall–Kier alpha value is -0.870. The Morgan fingerprint density at radius 3 is 2.71 bits per heavy atom. The molecule has 0 radical (unpaired) electrons. The van der Waals surface area contributed by atoms with E-state index in [9.17, 15) is 0 Å². The molecule has 0 saturated carbocycles. The van der Waals surface area contributed by atoms with Crippen molar-refractivity contribution in [2.24, 2.45) is 0 Å². The predicted octanol–water partition coefficient (Wildman–Crippen LogP) is 4.53. The van der Waals surface area contributed by atoms with Gasteiger partial charge in [0.1, 0.15) is 17.1 Å². The molecule has 0 aliphatic rings. The van der Waals surface area contributed by atoms with Crippen molar-refractivity contribution < 1.29 is 4.74 Å². The minimum Gasteiger partial charge on any atom is -0.489 e. The number of hydrogen-bond acceptors (Lipinski definition) is 3. The van der Waals surface area contributed by atoms with Gasteiger partial charge in [-0.15, -0.1) is 11.6 Å². The monoisotopic (exact) mass is 326 g/mol. The highest BCUT2D eigenvalue weighted by atomic mass is 35.5. The van der Waals surface area contributed by atoms with Crippen molar-refractivity contribution in [1.29, 1.82) is 0 Å². The van der Waals surface area contributed by atoms with Gasteiger partial charge in [-0.3, -0.25) is 0 Å². The van der Waals surface area contributed by atoms with Gasteiger partial charge in [0.2, 0.25) is 0 Å². The first-order valence-electron chi connectivity index (χ1n) is 7.29. The topological polar surface area (TPSA) is 27.1 Å². The molecule has 1 unspecified atom stereocenters. The van der Waals surface area contributed by atoms with E-state index in [1.54, 1.807) is 0 Å². The second kappa shape index (κ2) is 7.41. The smallest absolute Gasteiger partial charge is 0.147 e. The maximum atomic E-state index is 5.95. The number of benzene rings is 1. The van der Waals surface area contributed by atoms with Gasteiger partial charge >= 0.3 is 0 Å². The molecule has 0 N–H and O–H groups in total. The second-order valence-corrected chi connectivity index (χ2v) is 6.72. The number of para-hydroxylation sites is 1. The number of imidazole rings is 1. The molecule has 0 aliphatic carbocycles. The van der Waals surface area contributed by atoms with E-state index in [0.717, 1.165) is 34.8 Å². The minimum atomic E-state index is 0.140. The van der Waals surface area contributed by atoms with Crippen LogP contribution in [-0.4, -0.2) is 33.5 Å². The van der Waals surface area contributed by atoms with Crippen molar-refractivity contribution >= 4 is 34.4 Å². The van der Waals surface area contributed by atoms with Gasteiger partial charge in [-0.05, 0) is 39.2 Å². The molecule has 116 valence electrons. The van der Waals surface area contributed by atoms with Gasteiger partial charge in [0.25, 0.3) is 0 Å². The van der Waals surface area contributed by atoms with E-state index in [-0.39, 0.29) is 6.10 Å². The molecule has 0 aliphatic heterocycles. The number of ether oxygens (including phenoxy) is 1. The molecule has 0 bridgehead atoms. The Labute approximate surface area is 136 Å². The van der Waals surface area contributed by atoms with Gasteiger partial charge in [0.05, 0.1) is 11.6 Å². The molecule has 1 aromatic carbocycles. The third-order valence-electron chi connectivity index (χ3n) is 3.29. The zero-order valence-corrected chi connectivity index (χ0v) is 14.7. The Bertz CT molecular complexity index is 597. The van der Waals surface area contributed by atoms with Crippen LogP contribution in [-0.2, 0) is 6.42 Å². The second-order valence-electron chi connectivity index (χ2n) is 5.43. The summed E-state index contributed by atoms with van der Waals surface area (Å²) in [5.74, 6) is 3.53. The highest BCUT2D eigenvalue weighted by Crippen LogP contribution is 2.30. The lowest BCUT2D eigenvalue weighted by Gasteiger charge is -2.16. The summed E-state index contributed by atoms with van der Waals surface area (Å²) in [6.07, 6.45) is 3.04. The molecule has 1 atom stereocenters. The fourth-order valence-corrected chi connectivity index (χ4v) is 3.36. The Morgan fingerprint density at radius 1 is 1.33 bits per heavy atom. The summed E-state index contributed by atoms with van der Waals surface area (Å²) in [6, 6.07) is 6.53. The Morgan fingerprint density at radius 2 is 2.10 bits per heavy atom. The van der Waals surface area contributed by atoms with Gasteiger partial charge in [-0.25, -0.2) is 4.98 Å². The molecule has 2 rings (SSSR count). The molecule has 0 spiro atoms. The summed E-state index contributed by atoms with van der Waals surface area (Å²) in [6.45, 7) is 6.29. The van der Waals surface area contributed by atoms with Gasteiger partial charge in [0.15, 0.2) is 0 Å². The van der Waals surface area contributed by atoms with Crippen LogP contribution in [0.2, 0.25) is 0 Å². The number of nitrogens with zero attached hydrogens (tertiary/aromatic N) is 2. The minimum absolute atomic E-state index is 0.140. The van der Waals surface area contributed by atoms with E-state index in [1.807, 2.05) is 37.7 Å². The van der Waals surface area contributed by atoms with E-state index in [2.05, 4.69) is 23.8 Å². The van der Waals surface area contributed by atoms with Crippen molar-refractivity contribution in [3.63, 3.8) is 0 Å². The number of aromatic nitrogens is 2. The number of thioether (sulfide) groups is 1. The summed E-state index contributed by atoms with van der Waals surface area (Å²) in [5, 5.41) is 0. The summed E-state index contributed by atoms with van der Waals surface area (Å²) in [7, 11) is 0. The quantitative estimate of drug-likeness (QED) is 0.699. The molecule has 0 saturated heterocycles. The van der Waals surface area contributed by atoms with E-state index in [0.29, 0.717) is 11.9 Å². The highest BCUT2D eigenvalue weighted by molar-refractivity contribution is 7.98. The number of alkyl halides is 1. The summed E-state index contributed by atoms with van der Waals surface area (Å²) < 4.78 is 8.21.